The van der Waals surface area contributed by atoms with Crippen molar-refractivity contribution in [1.29, 1.82) is 0 Å². The van der Waals surface area contributed by atoms with Gasteiger partial charge in [0.25, 0.3) is 0 Å². The normalized spacial score (nSPS) is 19.3. The van der Waals surface area contributed by atoms with E-state index in [0.717, 1.165) is 0 Å². The third-order valence-electron chi connectivity index (χ3n) is 3.52. The molecule has 0 saturated carbocycles. The Morgan fingerprint density at radius 2 is 2.00 bits per heavy atom. The van der Waals surface area contributed by atoms with Crippen molar-refractivity contribution in [2.75, 3.05) is 18.0 Å². The molecule has 1 N–H and O–H groups in total. The van der Waals surface area contributed by atoms with Crippen molar-refractivity contribution >= 4 is 17.6 Å². The minimum absolute atomic E-state index is 0.207. The van der Waals surface area contributed by atoms with Crippen molar-refractivity contribution in [2.24, 2.45) is 0 Å². The minimum Gasteiger partial charge on any atom is -0.333 e. The van der Waals surface area contributed by atoms with Crippen LogP contribution in [-0.4, -0.2) is 41.5 Å². The van der Waals surface area contributed by atoms with Gasteiger partial charge in [-0.15, -0.1) is 0 Å². The van der Waals surface area contributed by atoms with Crippen molar-refractivity contribution in [3.8, 4) is 0 Å². The summed E-state index contributed by atoms with van der Waals surface area (Å²) in [5.41, 5.74) is 0.159. The van der Waals surface area contributed by atoms with Gasteiger partial charge in [-0.2, -0.15) is 0 Å². The Morgan fingerprint density at radius 1 is 1.32 bits per heavy atom. The molecule has 22 heavy (non-hydrogen) atoms. The molecule has 1 aliphatic heterocycles. The number of carbonyl (C=O) groups is 2. The molecule has 2 rings (SSSR count). The molecule has 1 saturated heterocycles. The highest BCUT2D eigenvalue weighted by molar-refractivity contribution is 6.00. The molecule has 1 unspecified atom stereocenters. The van der Waals surface area contributed by atoms with E-state index in [1.165, 1.54) is 21.9 Å². The predicted molar refractivity (Wildman–Crippen MR) is 83.2 cm³/mol. The molecule has 0 spiro atoms. The van der Waals surface area contributed by atoms with E-state index in [9.17, 15) is 14.0 Å². The summed E-state index contributed by atoms with van der Waals surface area (Å²) in [5, 5.41) is 2.86. The van der Waals surface area contributed by atoms with Crippen LogP contribution >= 0.6 is 0 Å². The SMILES string of the molecule is CC1C(=O)N(c2cccc(F)c2)CCN1C(=O)NC(C)(C)C. The topological polar surface area (TPSA) is 52.7 Å². The number of amides is 3. The van der Waals surface area contributed by atoms with Crippen LogP contribution in [0, 0.1) is 5.82 Å². The predicted octanol–water partition coefficient (Wildman–Crippen LogP) is 2.37. The summed E-state index contributed by atoms with van der Waals surface area (Å²) in [6, 6.07) is 5.09. The van der Waals surface area contributed by atoms with E-state index in [1.807, 2.05) is 20.8 Å². The van der Waals surface area contributed by atoms with Crippen molar-refractivity contribution in [3.63, 3.8) is 0 Å². The Bertz CT molecular complexity index is 583. The fraction of sp³-hybridized carbons (Fsp3) is 0.500. The van der Waals surface area contributed by atoms with Gasteiger partial charge in [-0.1, -0.05) is 6.07 Å². The largest absolute Gasteiger partial charge is 0.333 e. The quantitative estimate of drug-likeness (QED) is 0.866. The molecule has 0 radical (unpaired) electrons. The molecule has 1 atom stereocenters. The monoisotopic (exact) mass is 307 g/mol. The van der Waals surface area contributed by atoms with Gasteiger partial charge in [0.2, 0.25) is 5.91 Å². The lowest BCUT2D eigenvalue weighted by molar-refractivity contribution is -0.124. The van der Waals surface area contributed by atoms with E-state index >= 15 is 0 Å². The summed E-state index contributed by atoms with van der Waals surface area (Å²) in [7, 11) is 0. The zero-order chi connectivity index (χ0) is 16.5. The third kappa shape index (κ3) is 3.55. The summed E-state index contributed by atoms with van der Waals surface area (Å²) >= 11 is 0. The Balaban J connectivity index is 2.13. The van der Waals surface area contributed by atoms with Crippen LogP contribution in [0.3, 0.4) is 0 Å². The van der Waals surface area contributed by atoms with Crippen molar-refractivity contribution in [1.82, 2.24) is 10.2 Å². The second-order valence-electron chi connectivity index (χ2n) is 6.52. The number of rotatable bonds is 1. The first-order valence-electron chi connectivity index (χ1n) is 7.35. The molecule has 1 aromatic rings. The molecule has 5 nitrogen and oxygen atoms in total. The van der Waals surface area contributed by atoms with Gasteiger partial charge in [-0.25, -0.2) is 9.18 Å². The molecule has 1 aliphatic rings. The molecular formula is C16H22FN3O2. The molecule has 1 heterocycles. The number of nitrogens with one attached hydrogen (secondary N) is 1. The lowest BCUT2D eigenvalue weighted by atomic mass is 10.1. The first kappa shape index (κ1) is 16.3. The van der Waals surface area contributed by atoms with E-state index in [2.05, 4.69) is 5.32 Å². The van der Waals surface area contributed by atoms with Gasteiger partial charge in [0.15, 0.2) is 0 Å². The Kier molecular flexibility index (Phi) is 4.39. The molecule has 3 amide bonds. The van der Waals surface area contributed by atoms with Crippen LogP contribution in [0.2, 0.25) is 0 Å². The van der Waals surface area contributed by atoms with Crippen LogP contribution in [0.4, 0.5) is 14.9 Å². The van der Waals surface area contributed by atoms with Crippen molar-refractivity contribution in [3.05, 3.63) is 30.1 Å². The van der Waals surface area contributed by atoms with Crippen molar-refractivity contribution in [2.45, 2.75) is 39.3 Å². The standard InChI is InChI=1S/C16H22FN3O2/c1-11-14(21)20(13-7-5-6-12(17)10-13)9-8-19(11)15(22)18-16(2,3)4/h5-7,10-11H,8-9H2,1-4H3,(H,18,22). The average Bonchev–Trinajstić information content (AvgIpc) is 2.39. The van der Waals surface area contributed by atoms with Gasteiger partial charge in [-0.3, -0.25) is 4.79 Å². The summed E-state index contributed by atoms with van der Waals surface area (Å²) < 4.78 is 13.3. The zero-order valence-corrected chi connectivity index (χ0v) is 13.4. The maximum Gasteiger partial charge on any atom is 0.318 e. The number of hydrogen-bond donors (Lipinski definition) is 1. The van der Waals surface area contributed by atoms with Gasteiger partial charge in [0.05, 0.1) is 0 Å². The van der Waals surface area contributed by atoms with Gasteiger partial charge in [0.1, 0.15) is 11.9 Å². The zero-order valence-electron chi connectivity index (χ0n) is 13.4. The fourth-order valence-electron chi connectivity index (χ4n) is 2.44. The molecule has 0 aromatic heterocycles. The molecule has 6 heteroatoms. The Hall–Kier alpha value is -2.11. The van der Waals surface area contributed by atoms with Crippen LogP contribution in [0.15, 0.2) is 24.3 Å². The number of anilines is 1. The van der Waals surface area contributed by atoms with Crippen LogP contribution in [0.25, 0.3) is 0 Å². The van der Waals surface area contributed by atoms with Gasteiger partial charge in [-0.05, 0) is 45.9 Å². The van der Waals surface area contributed by atoms with Crippen LogP contribution in [0.1, 0.15) is 27.7 Å². The number of urea groups is 1. The Morgan fingerprint density at radius 3 is 2.59 bits per heavy atom. The highest BCUT2D eigenvalue weighted by Gasteiger charge is 2.35. The van der Waals surface area contributed by atoms with Crippen LogP contribution in [0.5, 0.6) is 0 Å². The lowest BCUT2D eigenvalue weighted by Gasteiger charge is -2.40. The van der Waals surface area contributed by atoms with E-state index in [1.54, 1.807) is 19.1 Å². The maximum atomic E-state index is 13.3. The van der Waals surface area contributed by atoms with Gasteiger partial charge >= 0.3 is 6.03 Å². The molecule has 0 aliphatic carbocycles. The second kappa shape index (κ2) is 5.94. The number of halogens is 1. The van der Waals surface area contributed by atoms with Gasteiger partial charge in [0, 0.05) is 24.3 Å². The number of nitrogens with zero attached hydrogens (tertiary/aromatic N) is 2. The molecular weight excluding hydrogens is 285 g/mol. The first-order chi connectivity index (χ1) is 10.2. The maximum absolute atomic E-state index is 13.3. The van der Waals surface area contributed by atoms with E-state index in [-0.39, 0.29) is 23.3 Å². The van der Waals surface area contributed by atoms with Crippen LogP contribution in [-0.2, 0) is 4.79 Å². The number of piperazine rings is 1. The highest BCUT2D eigenvalue weighted by Crippen LogP contribution is 2.21. The van der Waals surface area contributed by atoms with Crippen LogP contribution < -0.4 is 10.2 Å². The highest BCUT2D eigenvalue weighted by atomic mass is 19.1. The number of benzene rings is 1. The average molecular weight is 307 g/mol. The number of carbonyl (C=O) groups excluding carboxylic acids is 2. The molecule has 0 bridgehead atoms. The number of hydrogen-bond acceptors (Lipinski definition) is 2. The summed E-state index contributed by atoms with van der Waals surface area (Å²) in [6.45, 7) is 8.12. The van der Waals surface area contributed by atoms with E-state index in [0.29, 0.717) is 18.8 Å². The summed E-state index contributed by atoms with van der Waals surface area (Å²) in [6.07, 6.45) is 0. The fourth-order valence-corrected chi connectivity index (χ4v) is 2.44. The third-order valence-corrected chi connectivity index (χ3v) is 3.52. The first-order valence-corrected chi connectivity index (χ1v) is 7.35. The Labute approximate surface area is 130 Å². The smallest absolute Gasteiger partial charge is 0.318 e. The molecule has 1 aromatic carbocycles. The minimum atomic E-state index is -0.584. The van der Waals surface area contributed by atoms with E-state index in [4.69, 9.17) is 0 Å². The molecule has 120 valence electrons. The van der Waals surface area contributed by atoms with E-state index < -0.39 is 6.04 Å². The van der Waals surface area contributed by atoms with Crippen molar-refractivity contribution < 1.29 is 14.0 Å². The lowest BCUT2D eigenvalue weighted by Crippen LogP contribution is -2.61. The summed E-state index contributed by atoms with van der Waals surface area (Å²) in [5.74, 6) is -0.591. The van der Waals surface area contributed by atoms with Gasteiger partial charge < -0.3 is 15.1 Å². The second-order valence-corrected chi connectivity index (χ2v) is 6.52. The summed E-state index contributed by atoms with van der Waals surface area (Å²) in [4.78, 5) is 27.8. The molecule has 1 fully saturated rings.